The number of aromatic amines is 1. The fourth-order valence-corrected chi connectivity index (χ4v) is 1.97. The van der Waals surface area contributed by atoms with Crippen LogP contribution in [0.4, 0.5) is 0 Å². The summed E-state index contributed by atoms with van der Waals surface area (Å²) in [6, 6.07) is 5.08. The van der Waals surface area contributed by atoms with Gasteiger partial charge in [0.1, 0.15) is 0 Å². The van der Waals surface area contributed by atoms with Gasteiger partial charge in [-0.25, -0.2) is 4.98 Å². The Kier molecular flexibility index (Phi) is 4.70. The average molecular weight is 274 g/mol. The van der Waals surface area contributed by atoms with E-state index in [2.05, 4.69) is 15.3 Å². The van der Waals surface area contributed by atoms with Crippen LogP contribution in [0.2, 0.25) is 0 Å². The molecule has 0 fully saturated rings. The Balaban J connectivity index is 1.76. The standard InChI is InChI=1S/C14H18N4O2/c1-11-3-2-4-14(20)18(11)8-6-13(19)16-7-5-12-9-15-10-17-12/h2-4,9-10H,5-8H2,1H3,(H,15,17)(H,16,19). The van der Waals surface area contributed by atoms with Gasteiger partial charge < -0.3 is 14.9 Å². The lowest BCUT2D eigenvalue weighted by atomic mass is 10.3. The zero-order chi connectivity index (χ0) is 14.4. The molecule has 0 unspecified atom stereocenters. The minimum atomic E-state index is -0.0738. The minimum absolute atomic E-state index is 0.0559. The Bertz CT molecular complexity index is 616. The summed E-state index contributed by atoms with van der Waals surface area (Å²) in [5.41, 5.74) is 1.78. The lowest BCUT2D eigenvalue weighted by molar-refractivity contribution is -0.121. The van der Waals surface area contributed by atoms with Gasteiger partial charge in [-0.2, -0.15) is 0 Å². The number of H-pyrrole nitrogens is 1. The number of rotatable bonds is 6. The maximum Gasteiger partial charge on any atom is 0.250 e. The van der Waals surface area contributed by atoms with Crippen LogP contribution in [-0.4, -0.2) is 27.0 Å². The lowest BCUT2D eigenvalue weighted by Crippen LogP contribution is -2.29. The SMILES string of the molecule is Cc1cccc(=O)n1CCC(=O)NCCc1cnc[nH]1. The molecule has 0 aliphatic carbocycles. The van der Waals surface area contributed by atoms with Crippen LogP contribution in [0, 0.1) is 6.92 Å². The molecule has 2 heterocycles. The van der Waals surface area contributed by atoms with Crippen LogP contribution in [-0.2, 0) is 17.8 Å². The number of amides is 1. The van der Waals surface area contributed by atoms with E-state index in [1.165, 1.54) is 6.07 Å². The molecule has 2 N–H and O–H groups in total. The van der Waals surface area contributed by atoms with Crippen molar-refractivity contribution in [3.63, 3.8) is 0 Å². The molecule has 106 valence electrons. The molecule has 20 heavy (non-hydrogen) atoms. The maximum absolute atomic E-state index is 11.7. The predicted molar refractivity (Wildman–Crippen MR) is 75.4 cm³/mol. The van der Waals surface area contributed by atoms with Gasteiger partial charge in [0.2, 0.25) is 5.91 Å². The highest BCUT2D eigenvalue weighted by atomic mass is 16.1. The molecule has 0 saturated carbocycles. The highest BCUT2D eigenvalue weighted by Gasteiger charge is 2.04. The number of imidazole rings is 1. The van der Waals surface area contributed by atoms with E-state index in [0.717, 1.165) is 17.8 Å². The molecule has 2 aromatic heterocycles. The molecule has 0 aliphatic heterocycles. The Labute approximate surface area is 116 Å². The van der Waals surface area contributed by atoms with Crippen molar-refractivity contribution in [1.29, 1.82) is 0 Å². The number of nitrogens with one attached hydrogen (secondary N) is 2. The molecule has 0 bridgehead atoms. The molecule has 2 aromatic rings. The van der Waals surface area contributed by atoms with E-state index in [0.29, 0.717) is 19.5 Å². The Morgan fingerprint density at radius 2 is 2.30 bits per heavy atom. The fourth-order valence-electron chi connectivity index (χ4n) is 1.97. The van der Waals surface area contributed by atoms with Crippen molar-refractivity contribution in [1.82, 2.24) is 19.9 Å². The molecule has 1 amide bonds. The molecule has 0 aromatic carbocycles. The molecule has 0 aliphatic rings. The van der Waals surface area contributed by atoms with Crippen LogP contribution in [0.25, 0.3) is 0 Å². The molecule has 0 radical (unpaired) electrons. The van der Waals surface area contributed by atoms with Gasteiger partial charge in [-0.05, 0) is 13.0 Å². The van der Waals surface area contributed by atoms with Gasteiger partial charge in [-0.3, -0.25) is 9.59 Å². The van der Waals surface area contributed by atoms with Crippen molar-refractivity contribution < 1.29 is 4.79 Å². The third-order valence-corrected chi connectivity index (χ3v) is 3.10. The van der Waals surface area contributed by atoms with E-state index in [4.69, 9.17) is 0 Å². The molecule has 6 heteroatoms. The number of carbonyl (C=O) groups is 1. The van der Waals surface area contributed by atoms with Gasteiger partial charge in [0.25, 0.3) is 5.56 Å². The van der Waals surface area contributed by atoms with Gasteiger partial charge in [0.05, 0.1) is 6.33 Å². The first-order chi connectivity index (χ1) is 9.66. The van der Waals surface area contributed by atoms with Gasteiger partial charge in [-0.15, -0.1) is 0 Å². The second kappa shape index (κ2) is 6.70. The Morgan fingerprint density at radius 1 is 1.45 bits per heavy atom. The minimum Gasteiger partial charge on any atom is -0.356 e. The zero-order valence-electron chi connectivity index (χ0n) is 11.4. The highest BCUT2D eigenvalue weighted by molar-refractivity contribution is 5.75. The Morgan fingerprint density at radius 3 is 3.00 bits per heavy atom. The summed E-state index contributed by atoms with van der Waals surface area (Å²) >= 11 is 0. The topological polar surface area (TPSA) is 79.8 Å². The van der Waals surface area contributed by atoms with E-state index in [1.807, 2.05) is 13.0 Å². The summed E-state index contributed by atoms with van der Waals surface area (Å²) in [6.07, 6.45) is 4.37. The quantitative estimate of drug-likeness (QED) is 0.810. The van der Waals surface area contributed by atoms with Crippen LogP contribution < -0.4 is 10.9 Å². The average Bonchev–Trinajstić information content (AvgIpc) is 2.91. The van der Waals surface area contributed by atoms with Gasteiger partial charge in [0.15, 0.2) is 0 Å². The first-order valence-electron chi connectivity index (χ1n) is 6.57. The number of hydrogen-bond acceptors (Lipinski definition) is 3. The van der Waals surface area contributed by atoms with Crippen LogP contribution in [0.15, 0.2) is 35.5 Å². The van der Waals surface area contributed by atoms with Gasteiger partial charge >= 0.3 is 0 Å². The summed E-state index contributed by atoms with van der Waals surface area (Å²) in [5, 5.41) is 2.83. The normalized spacial score (nSPS) is 10.4. The number of pyridine rings is 1. The van der Waals surface area contributed by atoms with Crippen molar-refractivity contribution in [2.24, 2.45) is 0 Å². The molecule has 0 spiro atoms. The first kappa shape index (κ1) is 14.0. The van der Waals surface area contributed by atoms with E-state index in [1.54, 1.807) is 23.2 Å². The number of aromatic nitrogens is 3. The van der Waals surface area contributed by atoms with E-state index < -0.39 is 0 Å². The van der Waals surface area contributed by atoms with Crippen LogP contribution in [0.3, 0.4) is 0 Å². The lowest BCUT2D eigenvalue weighted by Gasteiger charge is -2.09. The van der Waals surface area contributed by atoms with Crippen molar-refractivity contribution in [2.45, 2.75) is 26.3 Å². The van der Waals surface area contributed by atoms with Crippen molar-refractivity contribution in [3.8, 4) is 0 Å². The molecule has 0 saturated heterocycles. The largest absolute Gasteiger partial charge is 0.356 e. The monoisotopic (exact) mass is 274 g/mol. The number of aryl methyl sites for hydroxylation is 1. The maximum atomic E-state index is 11.7. The van der Waals surface area contributed by atoms with Crippen molar-refractivity contribution >= 4 is 5.91 Å². The summed E-state index contributed by atoms with van der Waals surface area (Å²) in [4.78, 5) is 30.2. The first-order valence-corrected chi connectivity index (χ1v) is 6.57. The number of hydrogen-bond donors (Lipinski definition) is 2. The van der Waals surface area contributed by atoms with Crippen molar-refractivity contribution in [2.75, 3.05) is 6.54 Å². The Hall–Kier alpha value is -2.37. The second-order valence-electron chi connectivity index (χ2n) is 4.58. The van der Waals surface area contributed by atoms with Crippen LogP contribution in [0.1, 0.15) is 17.8 Å². The van der Waals surface area contributed by atoms with Crippen LogP contribution >= 0.6 is 0 Å². The highest BCUT2D eigenvalue weighted by Crippen LogP contribution is 1.96. The molecular weight excluding hydrogens is 256 g/mol. The van der Waals surface area contributed by atoms with E-state index in [9.17, 15) is 9.59 Å². The second-order valence-corrected chi connectivity index (χ2v) is 4.58. The van der Waals surface area contributed by atoms with Crippen molar-refractivity contribution in [3.05, 3.63) is 52.5 Å². The number of carbonyl (C=O) groups excluding carboxylic acids is 1. The molecule has 0 atom stereocenters. The third-order valence-electron chi connectivity index (χ3n) is 3.10. The molecular formula is C14H18N4O2. The predicted octanol–water partition coefficient (Wildman–Crippen LogP) is 0.629. The zero-order valence-corrected chi connectivity index (χ0v) is 11.4. The van der Waals surface area contributed by atoms with Gasteiger partial charge in [0, 0.05) is 49.6 Å². The molecule has 2 rings (SSSR count). The molecule has 6 nitrogen and oxygen atoms in total. The summed E-state index contributed by atoms with van der Waals surface area (Å²) in [7, 11) is 0. The van der Waals surface area contributed by atoms with E-state index >= 15 is 0 Å². The van der Waals surface area contributed by atoms with Gasteiger partial charge in [-0.1, -0.05) is 6.07 Å². The number of nitrogens with zero attached hydrogens (tertiary/aromatic N) is 2. The summed E-state index contributed by atoms with van der Waals surface area (Å²) in [6.45, 7) is 2.82. The van der Waals surface area contributed by atoms with E-state index in [-0.39, 0.29) is 11.5 Å². The third kappa shape index (κ3) is 3.81. The smallest absolute Gasteiger partial charge is 0.250 e. The summed E-state index contributed by atoms with van der Waals surface area (Å²) in [5.74, 6) is -0.0559. The fraction of sp³-hybridized carbons (Fsp3) is 0.357. The summed E-state index contributed by atoms with van der Waals surface area (Å²) < 4.78 is 1.61. The van der Waals surface area contributed by atoms with Crippen LogP contribution in [0.5, 0.6) is 0 Å².